The molecule has 3 heterocycles. The van der Waals surface area contributed by atoms with E-state index in [1.807, 2.05) is 11.6 Å². The Bertz CT molecular complexity index is 541. The van der Waals surface area contributed by atoms with E-state index in [0.29, 0.717) is 26.2 Å². The van der Waals surface area contributed by atoms with Gasteiger partial charge in [0.1, 0.15) is 5.01 Å². The molecule has 1 aromatic rings. The summed E-state index contributed by atoms with van der Waals surface area (Å²) >= 11 is 1.66. The van der Waals surface area contributed by atoms with Crippen LogP contribution in [-0.4, -0.2) is 66.2 Å². The van der Waals surface area contributed by atoms with Crippen molar-refractivity contribution >= 4 is 21.5 Å². The zero-order valence-electron chi connectivity index (χ0n) is 12.1. The second kappa shape index (κ2) is 6.70. The Balaban J connectivity index is 1.60. The summed E-state index contributed by atoms with van der Waals surface area (Å²) in [5.41, 5.74) is 0. The van der Waals surface area contributed by atoms with Crippen LogP contribution in [0.3, 0.4) is 0 Å². The minimum absolute atomic E-state index is 0.588. The van der Waals surface area contributed by atoms with Crippen molar-refractivity contribution in [1.82, 2.24) is 18.5 Å². The SMILES string of the molecule is O=S(=O)(N1CCCC1)N1CCCN(Cc2nccs2)CC1. The molecule has 0 radical (unpaired) electrons. The maximum atomic E-state index is 12.6. The highest BCUT2D eigenvalue weighted by Crippen LogP contribution is 2.19. The van der Waals surface area contributed by atoms with Crippen molar-refractivity contribution in [1.29, 1.82) is 0 Å². The van der Waals surface area contributed by atoms with Gasteiger partial charge in [-0.1, -0.05) is 0 Å². The maximum Gasteiger partial charge on any atom is 0.282 e. The average molecular weight is 330 g/mol. The van der Waals surface area contributed by atoms with E-state index in [2.05, 4.69) is 9.88 Å². The van der Waals surface area contributed by atoms with Crippen LogP contribution < -0.4 is 0 Å². The Morgan fingerprint density at radius 2 is 1.71 bits per heavy atom. The van der Waals surface area contributed by atoms with Crippen LogP contribution in [0.25, 0.3) is 0 Å². The summed E-state index contributed by atoms with van der Waals surface area (Å²) in [5.74, 6) is 0. The average Bonchev–Trinajstić information content (AvgIpc) is 3.10. The van der Waals surface area contributed by atoms with Crippen molar-refractivity contribution in [2.45, 2.75) is 25.8 Å². The van der Waals surface area contributed by atoms with E-state index in [1.54, 1.807) is 19.9 Å². The second-order valence-corrected chi connectivity index (χ2v) is 8.48. The Labute approximate surface area is 130 Å². The first kappa shape index (κ1) is 15.4. The summed E-state index contributed by atoms with van der Waals surface area (Å²) in [6.07, 6.45) is 4.69. The molecule has 2 aliphatic heterocycles. The number of hydrogen-bond acceptors (Lipinski definition) is 5. The molecule has 2 saturated heterocycles. The normalized spacial score (nSPS) is 23.4. The van der Waals surface area contributed by atoms with Gasteiger partial charge >= 0.3 is 0 Å². The standard InChI is InChI=1S/C13H22N4O2S2/c18-21(19,16-6-1-2-7-16)17-8-3-5-15(9-10-17)12-13-14-4-11-20-13/h4,11H,1-3,5-10,12H2. The van der Waals surface area contributed by atoms with E-state index in [1.165, 1.54) is 0 Å². The lowest BCUT2D eigenvalue weighted by molar-refractivity contribution is 0.276. The fourth-order valence-corrected chi connectivity index (χ4v) is 5.32. The molecule has 0 bridgehead atoms. The largest absolute Gasteiger partial charge is 0.295 e. The van der Waals surface area contributed by atoms with Crippen molar-refractivity contribution in [2.75, 3.05) is 39.3 Å². The molecule has 2 fully saturated rings. The van der Waals surface area contributed by atoms with Gasteiger partial charge in [-0.25, -0.2) is 4.98 Å². The summed E-state index contributed by atoms with van der Waals surface area (Å²) in [5, 5.41) is 3.09. The van der Waals surface area contributed by atoms with Gasteiger partial charge in [-0.05, 0) is 25.8 Å². The first-order valence-electron chi connectivity index (χ1n) is 7.52. The summed E-state index contributed by atoms with van der Waals surface area (Å²) in [7, 11) is -3.24. The van der Waals surface area contributed by atoms with E-state index < -0.39 is 10.2 Å². The van der Waals surface area contributed by atoms with Gasteiger partial charge in [0.2, 0.25) is 0 Å². The topological polar surface area (TPSA) is 56.8 Å². The van der Waals surface area contributed by atoms with Gasteiger partial charge in [-0.3, -0.25) is 4.90 Å². The lowest BCUT2D eigenvalue weighted by Gasteiger charge is -2.26. The third-order valence-electron chi connectivity index (χ3n) is 4.11. The number of thiazole rings is 1. The molecule has 6 nitrogen and oxygen atoms in total. The molecule has 3 rings (SSSR count). The van der Waals surface area contributed by atoms with Crippen molar-refractivity contribution in [2.24, 2.45) is 0 Å². The van der Waals surface area contributed by atoms with E-state index in [0.717, 1.165) is 43.9 Å². The van der Waals surface area contributed by atoms with Crippen LogP contribution in [-0.2, 0) is 16.8 Å². The van der Waals surface area contributed by atoms with Gasteiger partial charge in [0.05, 0.1) is 6.54 Å². The minimum Gasteiger partial charge on any atom is -0.295 e. The van der Waals surface area contributed by atoms with Crippen LogP contribution in [0.2, 0.25) is 0 Å². The summed E-state index contributed by atoms with van der Waals surface area (Å²) in [6, 6.07) is 0. The summed E-state index contributed by atoms with van der Waals surface area (Å²) in [4.78, 5) is 6.61. The van der Waals surface area contributed by atoms with Crippen LogP contribution in [0, 0.1) is 0 Å². The van der Waals surface area contributed by atoms with Crippen molar-refractivity contribution in [3.8, 4) is 0 Å². The molecular formula is C13H22N4O2S2. The zero-order chi connectivity index (χ0) is 14.7. The monoisotopic (exact) mass is 330 g/mol. The smallest absolute Gasteiger partial charge is 0.282 e. The van der Waals surface area contributed by atoms with Gasteiger partial charge < -0.3 is 0 Å². The predicted molar refractivity (Wildman–Crippen MR) is 83.3 cm³/mol. The van der Waals surface area contributed by atoms with E-state index in [9.17, 15) is 8.42 Å². The van der Waals surface area contributed by atoms with Crippen molar-refractivity contribution in [3.63, 3.8) is 0 Å². The Kier molecular flexibility index (Phi) is 4.90. The third-order valence-corrected chi connectivity index (χ3v) is 6.91. The lowest BCUT2D eigenvalue weighted by atomic mass is 10.4. The first-order chi connectivity index (χ1) is 10.2. The first-order valence-corrected chi connectivity index (χ1v) is 9.80. The molecule has 0 aromatic carbocycles. The van der Waals surface area contributed by atoms with Gasteiger partial charge in [0, 0.05) is 44.3 Å². The number of hydrogen-bond donors (Lipinski definition) is 0. The van der Waals surface area contributed by atoms with E-state index >= 15 is 0 Å². The predicted octanol–water partition coefficient (Wildman–Crippen LogP) is 0.991. The van der Waals surface area contributed by atoms with Gasteiger partial charge in [-0.15, -0.1) is 11.3 Å². The molecule has 0 aliphatic carbocycles. The van der Waals surface area contributed by atoms with Crippen LogP contribution in [0.4, 0.5) is 0 Å². The number of rotatable bonds is 4. The van der Waals surface area contributed by atoms with Gasteiger partial charge in [0.15, 0.2) is 0 Å². The fraction of sp³-hybridized carbons (Fsp3) is 0.769. The zero-order valence-corrected chi connectivity index (χ0v) is 13.8. The molecule has 0 spiro atoms. The lowest BCUT2D eigenvalue weighted by Crippen LogP contribution is -2.44. The van der Waals surface area contributed by atoms with Gasteiger partial charge in [0.25, 0.3) is 10.2 Å². The maximum absolute atomic E-state index is 12.6. The number of nitrogens with zero attached hydrogens (tertiary/aromatic N) is 4. The molecule has 8 heteroatoms. The molecule has 0 atom stereocenters. The third kappa shape index (κ3) is 3.62. The second-order valence-electron chi connectivity index (χ2n) is 5.57. The van der Waals surface area contributed by atoms with Crippen molar-refractivity contribution in [3.05, 3.63) is 16.6 Å². The molecular weight excluding hydrogens is 308 g/mol. The van der Waals surface area contributed by atoms with Gasteiger partial charge in [-0.2, -0.15) is 17.0 Å². The van der Waals surface area contributed by atoms with Crippen LogP contribution in [0.15, 0.2) is 11.6 Å². The molecule has 0 N–H and O–H groups in total. The Morgan fingerprint density at radius 1 is 1.00 bits per heavy atom. The molecule has 0 unspecified atom stereocenters. The minimum atomic E-state index is -3.24. The molecule has 1 aromatic heterocycles. The van der Waals surface area contributed by atoms with Crippen LogP contribution >= 0.6 is 11.3 Å². The van der Waals surface area contributed by atoms with Crippen LogP contribution in [0.5, 0.6) is 0 Å². The number of aromatic nitrogens is 1. The highest BCUT2D eigenvalue weighted by molar-refractivity contribution is 7.86. The molecule has 0 amide bonds. The molecule has 0 saturated carbocycles. The molecule has 118 valence electrons. The highest BCUT2D eigenvalue weighted by atomic mass is 32.2. The van der Waals surface area contributed by atoms with E-state index in [-0.39, 0.29) is 0 Å². The highest BCUT2D eigenvalue weighted by Gasteiger charge is 2.32. The van der Waals surface area contributed by atoms with Crippen molar-refractivity contribution < 1.29 is 8.42 Å². The van der Waals surface area contributed by atoms with E-state index in [4.69, 9.17) is 0 Å². The van der Waals surface area contributed by atoms with Crippen LogP contribution in [0.1, 0.15) is 24.3 Å². The summed E-state index contributed by atoms with van der Waals surface area (Å²) < 4.78 is 28.5. The molecule has 2 aliphatic rings. The Morgan fingerprint density at radius 3 is 2.43 bits per heavy atom. The fourth-order valence-electron chi connectivity index (χ4n) is 2.94. The quantitative estimate of drug-likeness (QED) is 0.826. The summed E-state index contributed by atoms with van der Waals surface area (Å²) in [6.45, 7) is 5.13. The molecule has 21 heavy (non-hydrogen) atoms. The Hall–Kier alpha value is -0.540.